The maximum Gasteiger partial charge on any atom is 0.326 e. The Morgan fingerprint density at radius 2 is 1.81 bits per heavy atom. The summed E-state index contributed by atoms with van der Waals surface area (Å²) in [6, 6.07) is 9.40. The lowest BCUT2D eigenvalue weighted by Gasteiger charge is -2.27. The molecule has 194 valence electrons. The highest BCUT2D eigenvalue weighted by atomic mass is 79.9. The molecule has 10 heteroatoms. The summed E-state index contributed by atoms with van der Waals surface area (Å²) < 4.78 is 0.784. The number of rotatable bonds is 7. The Morgan fingerprint density at radius 1 is 1.14 bits per heavy atom. The highest BCUT2D eigenvalue weighted by molar-refractivity contribution is 9.10. The van der Waals surface area contributed by atoms with E-state index < -0.39 is 18.1 Å². The number of carbonyl (C=O) groups is 3. The van der Waals surface area contributed by atoms with E-state index in [-0.39, 0.29) is 23.7 Å². The maximum absolute atomic E-state index is 13.5. The van der Waals surface area contributed by atoms with Gasteiger partial charge in [0.2, 0.25) is 5.91 Å². The second-order valence-corrected chi connectivity index (χ2v) is 12.1. The number of benzene rings is 1. The summed E-state index contributed by atoms with van der Waals surface area (Å²) in [5.74, 6) is -1.18. The SMILES string of the molecule is CC(C)(C)c1ccc(C(=O)N[C@@H](Cc2ccc(-c3ncc(Br)cn3)cc2)C(=O)N2CCC[C@H]2C(=O)O)s1. The number of halogens is 1. The summed E-state index contributed by atoms with van der Waals surface area (Å²) in [6.45, 7) is 6.59. The number of carboxylic acids is 1. The minimum absolute atomic E-state index is 0.0943. The largest absolute Gasteiger partial charge is 0.480 e. The monoisotopic (exact) mass is 584 g/mol. The summed E-state index contributed by atoms with van der Waals surface area (Å²) in [6.07, 6.45) is 4.59. The predicted octanol–water partition coefficient (Wildman–Crippen LogP) is 4.68. The number of aromatic nitrogens is 2. The van der Waals surface area contributed by atoms with Gasteiger partial charge >= 0.3 is 5.97 Å². The first-order valence-electron chi connectivity index (χ1n) is 12.0. The molecule has 0 unspecified atom stereocenters. The molecule has 0 spiro atoms. The number of amides is 2. The molecule has 2 atom stereocenters. The van der Waals surface area contributed by atoms with E-state index >= 15 is 0 Å². The topological polar surface area (TPSA) is 112 Å². The molecule has 3 heterocycles. The van der Waals surface area contributed by atoms with Gasteiger partial charge in [-0.2, -0.15) is 0 Å². The summed E-state index contributed by atoms with van der Waals surface area (Å²) in [5.41, 5.74) is 1.55. The molecule has 1 aliphatic rings. The molecule has 1 saturated heterocycles. The van der Waals surface area contributed by atoms with Gasteiger partial charge < -0.3 is 15.3 Å². The first-order valence-corrected chi connectivity index (χ1v) is 13.6. The van der Waals surface area contributed by atoms with Gasteiger partial charge in [-0.1, -0.05) is 45.0 Å². The number of likely N-dealkylation sites (tertiary alicyclic amines) is 1. The molecule has 2 aromatic heterocycles. The van der Waals surface area contributed by atoms with Gasteiger partial charge in [0.25, 0.3) is 5.91 Å². The van der Waals surface area contributed by atoms with Crippen molar-refractivity contribution in [2.75, 3.05) is 6.54 Å². The van der Waals surface area contributed by atoms with E-state index in [9.17, 15) is 19.5 Å². The number of hydrogen-bond acceptors (Lipinski definition) is 6. The van der Waals surface area contributed by atoms with Crippen LogP contribution in [0.3, 0.4) is 0 Å². The maximum atomic E-state index is 13.5. The standard InChI is InChI=1S/C27H29BrN4O4S/c1-27(2,3)22-11-10-21(37-22)24(33)31-19(25(34)32-12-4-5-20(32)26(35)36)13-16-6-8-17(9-7-16)23-29-14-18(28)15-30-23/h6-11,14-15,19-20H,4-5,12-13H2,1-3H3,(H,31,33)(H,35,36)/t19-,20-/m0/s1. The zero-order valence-electron chi connectivity index (χ0n) is 20.9. The molecule has 2 N–H and O–H groups in total. The molecule has 1 fully saturated rings. The second-order valence-electron chi connectivity index (χ2n) is 10.1. The second kappa shape index (κ2) is 11.1. The van der Waals surface area contributed by atoms with Gasteiger partial charge in [0.1, 0.15) is 12.1 Å². The van der Waals surface area contributed by atoms with Gasteiger partial charge in [0.05, 0.1) is 9.35 Å². The molecule has 8 nitrogen and oxygen atoms in total. The zero-order valence-corrected chi connectivity index (χ0v) is 23.3. The highest BCUT2D eigenvalue weighted by Gasteiger charge is 2.38. The Bertz CT molecular complexity index is 1280. The van der Waals surface area contributed by atoms with E-state index in [1.165, 1.54) is 16.2 Å². The Labute approximate surface area is 228 Å². The fourth-order valence-electron chi connectivity index (χ4n) is 4.27. The van der Waals surface area contributed by atoms with Crippen molar-refractivity contribution in [3.05, 3.63) is 68.6 Å². The third-order valence-corrected chi connectivity index (χ3v) is 8.18. The average molecular weight is 586 g/mol. The molecule has 1 aliphatic heterocycles. The lowest BCUT2D eigenvalue weighted by molar-refractivity contribution is -0.148. The molecule has 1 aromatic carbocycles. The number of hydrogen-bond donors (Lipinski definition) is 2. The third-order valence-electron chi connectivity index (χ3n) is 6.27. The van der Waals surface area contributed by atoms with Crippen LogP contribution in [-0.4, -0.2) is 56.4 Å². The predicted molar refractivity (Wildman–Crippen MR) is 146 cm³/mol. The van der Waals surface area contributed by atoms with Crippen molar-refractivity contribution in [2.24, 2.45) is 0 Å². The van der Waals surface area contributed by atoms with Crippen LogP contribution in [0.2, 0.25) is 0 Å². The Kier molecular flexibility index (Phi) is 8.08. The summed E-state index contributed by atoms with van der Waals surface area (Å²) in [5, 5.41) is 12.5. The number of nitrogens with one attached hydrogen (secondary N) is 1. The number of thiophene rings is 1. The van der Waals surface area contributed by atoms with Gasteiger partial charge in [-0.05, 0) is 51.9 Å². The molecule has 3 aromatic rings. The molecule has 4 rings (SSSR count). The molecular formula is C27H29BrN4O4S. The van der Waals surface area contributed by atoms with Crippen LogP contribution in [0.25, 0.3) is 11.4 Å². The summed E-state index contributed by atoms with van der Waals surface area (Å²) in [4.78, 5) is 50.0. The molecular weight excluding hydrogens is 556 g/mol. The fourth-order valence-corrected chi connectivity index (χ4v) is 5.44. The fraction of sp³-hybridized carbons (Fsp3) is 0.370. The van der Waals surface area contributed by atoms with Gasteiger partial charge in [-0.15, -0.1) is 11.3 Å². The Balaban J connectivity index is 1.56. The smallest absolute Gasteiger partial charge is 0.326 e. The zero-order chi connectivity index (χ0) is 26.7. The van der Waals surface area contributed by atoms with E-state index in [2.05, 4.69) is 52.0 Å². The van der Waals surface area contributed by atoms with Crippen molar-refractivity contribution in [3.8, 4) is 11.4 Å². The van der Waals surface area contributed by atoms with Crippen LogP contribution in [0.15, 0.2) is 53.3 Å². The van der Waals surface area contributed by atoms with Crippen molar-refractivity contribution < 1.29 is 19.5 Å². The van der Waals surface area contributed by atoms with Crippen LogP contribution >= 0.6 is 27.3 Å². The van der Waals surface area contributed by atoms with Gasteiger partial charge in [0.15, 0.2) is 5.82 Å². The summed E-state index contributed by atoms with van der Waals surface area (Å²) in [7, 11) is 0. The van der Waals surface area contributed by atoms with Crippen LogP contribution in [0, 0.1) is 0 Å². The number of carboxylic acid groups (broad SMARTS) is 1. The van der Waals surface area contributed by atoms with E-state index in [0.29, 0.717) is 30.1 Å². The van der Waals surface area contributed by atoms with Gasteiger partial charge in [-0.3, -0.25) is 9.59 Å². The van der Waals surface area contributed by atoms with Crippen molar-refractivity contribution in [1.29, 1.82) is 0 Å². The number of carbonyl (C=O) groups excluding carboxylic acids is 2. The van der Waals surface area contributed by atoms with E-state index in [0.717, 1.165) is 20.5 Å². The van der Waals surface area contributed by atoms with Crippen LogP contribution in [0.4, 0.5) is 0 Å². The minimum atomic E-state index is -1.03. The first kappa shape index (κ1) is 26.9. The van der Waals surface area contributed by atoms with Crippen molar-refractivity contribution in [2.45, 2.75) is 57.5 Å². The number of aliphatic carboxylic acids is 1. The van der Waals surface area contributed by atoms with Crippen LogP contribution in [-0.2, 0) is 21.4 Å². The van der Waals surface area contributed by atoms with Crippen LogP contribution in [0.5, 0.6) is 0 Å². The molecule has 0 bridgehead atoms. The van der Waals surface area contributed by atoms with E-state index in [1.54, 1.807) is 18.5 Å². The first-order chi connectivity index (χ1) is 17.5. The lowest BCUT2D eigenvalue weighted by atomic mass is 9.95. The quantitative estimate of drug-likeness (QED) is 0.417. The highest BCUT2D eigenvalue weighted by Crippen LogP contribution is 2.29. The van der Waals surface area contributed by atoms with Gasteiger partial charge in [-0.25, -0.2) is 14.8 Å². The Morgan fingerprint density at radius 3 is 2.41 bits per heavy atom. The summed E-state index contributed by atoms with van der Waals surface area (Å²) >= 11 is 4.72. The third kappa shape index (κ3) is 6.42. The van der Waals surface area contributed by atoms with E-state index in [1.807, 2.05) is 30.3 Å². The lowest BCUT2D eigenvalue weighted by Crippen LogP contribution is -2.52. The molecule has 2 amide bonds. The molecule has 0 saturated carbocycles. The van der Waals surface area contributed by atoms with Gasteiger partial charge in [0, 0.05) is 35.8 Å². The molecule has 0 aliphatic carbocycles. The minimum Gasteiger partial charge on any atom is -0.480 e. The number of nitrogens with zero attached hydrogens (tertiary/aromatic N) is 3. The van der Waals surface area contributed by atoms with Crippen molar-refractivity contribution >= 4 is 45.1 Å². The Hall–Kier alpha value is -3.11. The average Bonchev–Trinajstić information content (AvgIpc) is 3.54. The van der Waals surface area contributed by atoms with Crippen molar-refractivity contribution in [3.63, 3.8) is 0 Å². The van der Waals surface area contributed by atoms with E-state index in [4.69, 9.17) is 0 Å². The van der Waals surface area contributed by atoms with Crippen molar-refractivity contribution in [1.82, 2.24) is 20.2 Å². The molecule has 0 radical (unpaired) electrons. The molecule has 37 heavy (non-hydrogen) atoms. The normalized spacial score (nSPS) is 16.4. The van der Waals surface area contributed by atoms with Crippen LogP contribution in [0.1, 0.15) is 53.7 Å². The van der Waals surface area contributed by atoms with Crippen LogP contribution < -0.4 is 5.32 Å².